The number of nitrogens with zero attached hydrogens (tertiary/aromatic N) is 4. The highest BCUT2D eigenvalue weighted by atomic mass is 19.1. The first-order chi connectivity index (χ1) is 29.1. The number of amides is 2. The van der Waals surface area contributed by atoms with Gasteiger partial charge in [0.2, 0.25) is 0 Å². The Morgan fingerprint density at radius 2 is 1.02 bits per heavy atom. The number of benzene rings is 2. The topological polar surface area (TPSA) is 109 Å². The molecule has 4 aromatic rings. The van der Waals surface area contributed by atoms with E-state index in [9.17, 15) is 18.4 Å². The minimum atomic E-state index is -0.430. The van der Waals surface area contributed by atoms with Crippen LogP contribution in [0.3, 0.4) is 0 Å². The monoisotopic (exact) mass is 818 g/mol. The van der Waals surface area contributed by atoms with Gasteiger partial charge in [-0.15, -0.1) is 0 Å². The third-order valence-corrected chi connectivity index (χ3v) is 11.9. The number of fused-ring (bicyclic) bond motifs is 2. The average molecular weight is 819 g/mol. The molecule has 2 aromatic heterocycles. The summed E-state index contributed by atoms with van der Waals surface area (Å²) in [6.07, 6.45) is 12.9. The lowest BCUT2D eigenvalue weighted by Gasteiger charge is -2.36. The molecule has 2 amide bonds. The van der Waals surface area contributed by atoms with E-state index in [0.717, 1.165) is 87.2 Å². The first kappa shape index (κ1) is 42.7. The minimum absolute atomic E-state index is 0.0298. The second kappa shape index (κ2) is 18.9. The van der Waals surface area contributed by atoms with Gasteiger partial charge in [0.1, 0.15) is 34.3 Å². The van der Waals surface area contributed by atoms with Crippen LogP contribution in [-0.2, 0) is 0 Å². The third kappa shape index (κ3) is 9.29. The Bertz CT molecular complexity index is 2040. The van der Waals surface area contributed by atoms with Crippen molar-refractivity contribution < 1.29 is 27.8 Å². The Labute approximate surface area is 352 Å². The predicted octanol–water partition coefficient (Wildman–Crippen LogP) is 8.08. The van der Waals surface area contributed by atoms with Crippen LogP contribution in [0, 0.1) is 11.6 Å². The smallest absolute Gasteiger partial charge is 0.255 e. The lowest BCUT2D eigenvalue weighted by molar-refractivity contribution is 0.0764. The van der Waals surface area contributed by atoms with Crippen molar-refractivity contribution in [1.29, 1.82) is 0 Å². The molecule has 12 heteroatoms. The van der Waals surface area contributed by atoms with Crippen molar-refractivity contribution in [1.82, 2.24) is 30.4 Å². The number of nitrogens with one attached hydrogen (secondary N) is 2. The molecule has 0 saturated carbocycles. The van der Waals surface area contributed by atoms with E-state index in [1.54, 1.807) is 46.5 Å². The summed E-state index contributed by atoms with van der Waals surface area (Å²) in [4.78, 5) is 37.9. The fraction of sp³-hybridized carbons (Fsp3) is 0.417. The van der Waals surface area contributed by atoms with Crippen molar-refractivity contribution in [3.05, 3.63) is 130 Å². The zero-order valence-corrected chi connectivity index (χ0v) is 35.2. The molecule has 4 aliphatic rings. The van der Waals surface area contributed by atoms with Crippen LogP contribution in [-0.4, -0.2) is 95.1 Å². The number of ether oxygens (including phenoxy) is 2. The van der Waals surface area contributed by atoms with E-state index in [2.05, 4.69) is 32.8 Å². The Morgan fingerprint density at radius 3 is 1.38 bits per heavy atom. The molecule has 2 atom stereocenters. The van der Waals surface area contributed by atoms with Crippen LogP contribution in [0.15, 0.2) is 85.2 Å². The number of halogens is 2. The summed E-state index contributed by atoms with van der Waals surface area (Å²) in [5.74, 6) is 0.683. The summed E-state index contributed by atoms with van der Waals surface area (Å²) in [6.45, 7) is 14.1. The van der Waals surface area contributed by atoms with E-state index in [-0.39, 0.29) is 23.4 Å². The zero-order chi connectivity index (χ0) is 42.3. The highest BCUT2D eigenvalue weighted by Crippen LogP contribution is 2.44. The normalized spacial score (nSPS) is 20.7. The lowest BCUT2D eigenvalue weighted by Crippen LogP contribution is -2.37. The zero-order valence-electron chi connectivity index (χ0n) is 35.2. The number of hydrogen-bond acceptors (Lipinski definition) is 8. The second-order valence-corrected chi connectivity index (χ2v) is 15.8. The predicted molar refractivity (Wildman–Crippen MR) is 230 cm³/mol. The molecule has 6 heterocycles. The van der Waals surface area contributed by atoms with Gasteiger partial charge in [-0.05, 0) is 152 Å². The molecule has 2 N–H and O–H groups in total. The van der Waals surface area contributed by atoms with Gasteiger partial charge in [0, 0.05) is 73.7 Å². The summed E-state index contributed by atoms with van der Waals surface area (Å²) in [6, 6.07) is 16.6. The second-order valence-electron chi connectivity index (χ2n) is 15.8. The fourth-order valence-electron chi connectivity index (χ4n) is 8.57. The average Bonchev–Trinajstić information content (AvgIpc) is 3.65. The van der Waals surface area contributed by atoms with Crippen LogP contribution in [0.5, 0.6) is 11.5 Å². The SMILES string of the molecule is CCN(CC)C(=O)c1ccc(C2=CC3(CCCNCC3)Oc3ccc(F)cc32)nc1.CCN(CC)C(=O)c1ccc(C2=CC3(CCCNCC3)Oc3ccc(F)cc32)nc1. The van der Waals surface area contributed by atoms with E-state index < -0.39 is 11.2 Å². The van der Waals surface area contributed by atoms with Crippen molar-refractivity contribution in [2.24, 2.45) is 0 Å². The fourth-order valence-corrected chi connectivity index (χ4v) is 8.57. The molecule has 0 aliphatic carbocycles. The summed E-state index contributed by atoms with van der Waals surface area (Å²) in [7, 11) is 0. The number of pyridine rings is 2. The van der Waals surface area contributed by atoms with Crippen LogP contribution >= 0.6 is 0 Å². The molecule has 0 radical (unpaired) electrons. The van der Waals surface area contributed by atoms with Crippen molar-refractivity contribution in [3.63, 3.8) is 0 Å². The highest BCUT2D eigenvalue weighted by Gasteiger charge is 2.38. The van der Waals surface area contributed by atoms with Gasteiger partial charge < -0.3 is 29.9 Å². The summed E-state index contributed by atoms with van der Waals surface area (Å²) in [5.41, 5.74) is 4.82. The summed E-state index contributed by atoms with van der Waals surface area (Å²) in [5, 5.41) is 6.84. The summed E-state index contributed by atoms with van der Waals surface area (Å²) >= 11 is 0. The van der Waals surface area contributed by atoms with E-state index >= 15 is 0 Å². The Balaban J connectivity index is 0.000000181. The molecule has 316 valence electrons. The van der Waals surface area contributed by atoms with Gasteiger partial charge in [0.05, 0.1) is 22.5 Å². The van der Waals surface area contributed by atoms with E-state index in [1.165, 1.54) is 24.3 Å². The van der Waals surface area contributed by atoms with Gasteiger partial charge >= 0.3 is 0 Å². The quantitative estimate of drug-likeness (QED) is 0.184. The molecule has 2 spiro atoms. The molecule has 10 nitrogen and oxygen atoms in total. The maximum atomic E-state index is 14.1. The number of aromatic nitrogens is 2. The molecule has 2 aromatic carbocycles. The number of rotatable bonds is 8. The standard InChI is InChI=1S/2C24H28FN3O2/c2*1-3-28(4-2)23(29)17-6-8-21(27-16-17)20-15-24(10-5-12-26-13-11-24)30-22-9-7-18(25)14-19(20)22/h2*6-9,14-16,26H,3-5,10-13H2,1-2H3. The van der Waals surface area contributed by atoms with E-state index in [4.69, 9.17) is 9.47 Å². The lowest BCUT2D eigenvalue weighted by atomic mass is 9.85. The van der Waals surface area contributed by atoms with Crippen molar-refractivity contribution in [3.8, 4) is 11.5 Å². The van der Waals surface area contributed by atoms with Crippen LogP contribution in [0.4, 0.5) is 8.78 Å². The van der Waals surface area contributed by atoms with Gasteiger partial charge in [-0.2, -0.15) is 0 Å². The molecule has 0 bridgehead atoms. The van der Waals surface area contributed by atoms with Crippen molar-refractivity contribution >= 4 is 23.0 Å². The molecule has 60 heavy (non-hydrogen) atoms. The van der Waals surface area contributed by atoms with Crippen LogP contribution < -0.4 is 20.1 Å². The maximum absolute atomic E-state index is 14.1. The van der Waals surface area contributed by atoms with Gasteiger partial charge in [0.15, 0.2) is 0 Å². The summed E-state index contributed by atoms with van der Waals surface area (Å²) < 4.78 is 40.9. The van der Waals surface area contributed by atoms with Crippen LogP contribution in [0.1, 0.15) is 109 Å². The Kier molecular flexibility index (Phi) is 13.4. The molecular formula is C48H56F2N6O4. The van der Waals surface area contributed by atoms with Crippen molar-refractivity contribution in [2.75, 3.05) is 52.4 Å². The van der Waals surface area contributed by atoms with Crippen LogP contribution in [0.2, 0.25) is 0 Å². The Hall–Kier alpha value is -5.46. The number of carbonyl (C=O) groups is 2. The molecule has 4 aliphatic heterocycles. The highest BCUT2D eigenvalue weighted by molar-refractivity contribution is 5.95. The molecule has 2 fully saturated rings. The third-order valence-electron chi connectivity index (χ3n) is 11.9. The van der Waals surface area contributed by atoms with Gasteiger partial charge in [-0.3, -0.25) is 19.6 Å². The number of hydrogen-bond donors (Lipinski definition) is 2. The minimum Gasteiger partial charge on any atom is -0.482 e. The first-order valence-electron chi connectivity index (χ1n) is 21.5. The van der Waals surface area contributed by atoms with Gasteiger partial charge in [-0.25, -0.2) is 8.78 Å². The van der Waals surface area contributed by atoms with Crippen LogP contribution in [0.25, 0.3) is 11.1 Å². The first-order valence-corrected chi connectivity index (χ1v) is 21.5. The molecule has 2 saturated heterocycles. The number of carbonyl (C=O) groups excluding carboxylic acids is 2. The van der Waals surface area contributed by atoms with Gasteiger partial charge in [-0.1, -0.05) is 0 Å². The molecular weight excluding hydrogens is 763 g/mol. The van der Waals surface area contributed by atoms with Gasteiger partial charge in [0.25, 0.3) is 11.8 Å². The van der Waals surface area contributed by atoms with E-state index in [1.807, 2.05) is 39.8 Å². The van der Waals surface area contributed by atoms with Crippen molar-refractivity contribution in [2.45, 2.75) is 77.4 Å². The maximum Gasteiger partial charge on any atom is 0.255 e. The van der Waals surface area contributed by atoms with E-state index in [0.29, 0.717) is 59.9 Å². The molecule has 8 rings (SSSR count). The Morgan fingerprint density at radius 1 is 0.600 bits per heavy atom. The largest absolute Gasteiger partial charge is 0.482 e. The molecule has 2 unspecified atom stereocenters.